The third kappa shape index (κ3) is 3.44. The Balaban J connectivity index is 2.84. The number of hydrogen-bond acceptors (Lipinski definition) is 3. The van der Waals surface area contributed by atoms with Crippen molar-refractivity contribution in [3.05, 3.63) is 28.8 Å². The number of carbonyl (C=O) groups is 2. The van der Waals surface area contributed by atoms with Crippen LogP contribution in [0.3, 0.4) is 0 Å². The number of carboxylic acid groups (broad SMARTS) is 1. The van der Waals surface area contributed by atoms with Gasteiger partial charge in [0.05, 0.1) is 16.6 Å². The molecule has 0 heterocycles. The molecule has 0 spiro atoms. The lowest BCUT2D eigenvalue weighted by atomic mass is 10.2. The average Bonchev–Trinajstić information content (AvgIpc) is 2.27. The van der Waals surface area contributed by atoms with E-state index in [0.717, 1.165) is 0 Å². The number of aromatic carboxylic acids is 1. The second-order valence-electron chi connectivity index (χ2n) is 3.50. The highest BCUT2D eigenvalue weighted by Gasteiger charge is 2.13. The molecule has 0 aliphatic heterocycles. The normalized spacial score (nSPS) is 11.9. The molecule has 17 heavy (non-hydrogen) atoms. The summed E-state index contributed by atoms with van der Waals surface area (Å²) in [5.41, 5.74) is 5.96. The van der Waals surface area contributed by atoms with Crippen molar-refractivity contribution in [3.63, 3.8) is 0 Å². The third-order valence-corrected chi connectivity index (χ3v) is 2.56. The van der Waals surface area contributed by atoms with Crippen LogP contribution in [-0.2, 0) is 4.79 Å². The first-order chi connectivity index (χ1) is 7.95. The van der Waals surface area contributed by atoms with E-state index >= 15 is 0 Å². The predicted octanol–water partition coefficient (Wildman–Crippen LogP) is 1.71. The standard InChI is InChI=1S/C11H13ClN2O3/c1-2-9(13)10(15)14-6-3-4-7(11(16)17)8(12)5-6/h3-5,9H,2,13H2,1H3,(H,14,15)(H,16,17)/t9-/m0/s1. The Labute approximate surface area is 104 Å². The minimum Gasteiger partial charge on any atom is -0.478 e. The summed E-state index contributed by atoms with van der Waals surface area (Å²) in [6.07, 6.45) is 0.521. The Kier molecular flexibility index (Phi) is 4.48. The van der Waals surface area contributed by atoms with Gasteiger partial charge in [-0.3, -0.25) is 4.79 Å². The molecular formula is C11H13ClN2O3. The molecule has 1 amide bonds. The van der Waals surface area contributed by atoms with Gasteiger partial charge < -0.3 is 16.2 Å². The van der Waals surface area contributed by atoms with Crippen molar-refractivity contribution >= 4 is 29.2 Å². The SMILES string of the molecule is CC[C@H](N)C(=O)Nc1ccc(C(=O)O)c(Cl)c1. The molecule has 0 saturated carbocycles. The lowest BCUT2D eigenvalue weighted by molar-refractivity contribution is -0.117. The van der Waals surface area contributed by atoms with Crippen molar-refractivity contribution in [2.45, 2.75) is 19.4 Å². The van der Waals surface area contributed by atoms with Crippen LogP contribution >= 0.6 is 11.6 Å². The number of anilines is 1. The fourth-order valence-corrected chi connectivity index (χ4v) is 1.45. The monoisotopic (exact) mass is 256 g/mol. The van der Waals surface area contributed by atoms with Crippen molar-refractivity contribution in [3.8, 4) is 0 Å². The van der Waals surface area contributed by atoms with Gasteiger partial charge in [-0.2, -0.15) is 0 Å². The van der Waals surface area contributed by atoms with Crippen LogP contribution in [0.25, 0.3) is 0 Å². The van der Waals surface area contributed by atoms with Crippen LogP contribution in [-0.4, -0.2) is 23.0 Å². The maximum absolute atomic E-state index is 11.5. The highest BCUT2D eigenvalue weighted by atomic mass is 35.5. The number of halogens is 1. The van der Waals surface area contributed by atoms with Gasteiger partial charge in [0, 0.05) is 5.69 Å². The highest BCUT2D eigenvalue weighted by Crippen LogP contribution is 2.21. The van der Waals surface area contributed by atoms with Crippen LogP contribution < -0.4 is 11.1 Å². The zero-order valence-electron chi connectivity index (χ0n) is 9.24. The molecule has 0 unspecified atom stereocenters. The largest absolute Gasteiger partial charge is 0.478 e. The van der Waals surface area contributed by atoms with Gasteiger partial charge in [-0.25, -0.2) is 4.79 Å². The molecule has 0 aliphatic rings. The van der Waals surface area contributed by atoms with E-state index in [9.17, 15) is 9.59 Å². The van der Waals surface area contributed by atoms with Crippen LogP contribution in [0.4, 0.5) is 5.69 Å². The Hall–Kier alpha value is -1.59. The maximum Gasteiger partial charge on any atom is 0.337 e. The number of benzene rings is 1. The molecule has 4 N–H and O–H groups in total. The number of carbonyl (C=O) groups excluding carboxylic acids is 1. The maximum atomic E-state index is 11.5. The Morgan fingerprint density at radius 2 is 2.18 bits per heavy atom. The molecule has 1 aromatic carbocycles. The lowest BCUT2D eigenvalue weighted by Crippen LogP contribution is -2.34. The molecular weight excluding hydrogens is 244 g/mol. The number of hydrogen-bond donors (Lipinski definition) is 3. The van der Waals surface area contributed by atoms with E-state index in [1.807, 2.05) is 0 Å². The molecule has 92 valence electrons. The summed E-state index contributed by atoms with van der Waals surface area (Å²) in [5, 5.41) is 11.4. The van der Waals surface area contributed by atoms with E-state index in [4.69, 9.17) is 22.4 Å². The number of rotatable bonds is 4. The summed E-state index contributed by atoms with van der Waals surface area (Å²) in [6.45, 7) is 1.80. The summed E-state index contributed by atoms with van der Waals surface area (Å²) in [5.74, 6) is -1.44. The summed E-state index contributed by atoms with van der Waals surface area (Å²) in [6, 6.07) is 3.59. The molecule has 0 bridgehead atoms. The van der Waals surface area contributed by atoms with E-state index in [1.165, 1.54) is 18.2 Å². The first kappa shape index (κ1) is 13.5. The minimum absolute atomic E-state index is 0.00976. The number of amides is 1. The molecule has 6 heteroatoms. The van der Waals surface area contributed by atoms with Crippen LogP contribution in [0.2, 0.25) is 5.02 Å². The minimum atomic E-state index is -1.11. The number of nitrogens with one attached hydrogen (secondary N) is 1. The highest BCUT2D eigenvalue weighted by molar-refractivity contribution is 6.33. The zero-order valence-corrected chi connectivity index (χ0v) is 9.99. The Morgan fingerprint density at radius 1 is 1.53 bits per heavy atom. The van der Waals surface area contributed by atoms with Gasteiger partial charge in [0.25, 0.3) is 0 Å². The first-order valence-corrected chi connectivity index (χ1v) is 5.42. The van der Waals surface area contributed by atoms with E-state index in [0.29, 0.717) is 12.1 Å². The quantitative estimate of drug-likeness (QED) is 0.765. The van der Waals surface area contributed by atoms with Gasteiger partial charge in [-0.15, -0.1) is 0 Å². The summed E-state index contributed by atoms with van der Waals surface area (Å²) < 4.78 is 0. The lowest BCUT2D eigenvalue weighted by Gasteiger charge is -2.10. The molecule has 1 aromatic rings. The van der Waals surface area contributed by atoms with E-state index in [-0.39, 0.29) is 16.5 Å². The number of nitrogens with two attached hydrogens (primary N) is 1. The molecule has 1 atom stereocenters. The van der Waals surface area contributed by atoms with Crippen LogP contribution in [0, 0.1) is 0 Å². The smallest absolute Gasteiger partial charge is 0.337 e. The van der Waals surface area contributed by atoms with Crippen molar-refractivity contribution in [2.24, 2.45) is 5.73 Å². The van der Waals surface area contributed by atoms with E-state index in [1.54, 1.807) is 6.92 Å². The van der Waals surface area contributed by atoms with Crippen molar-refractivity contribution in [1.82, 2.24) is 0 Å². The second kappa shape index (κ2) is 5.65. The molecule has 0 saturated heterocycles. The molecule has 0 aromatic heterocycles. The van der Waals surface area contributed by atoms with Gasteiger partial charge in [-0.05, 0) is 24.6 Å². The molecule has 0 aliphatic carbocycles. The fraction of sp³-hybridized carbons (Fsp3) is 0.273. The molecule has 0 radical (unpaired) electrons. The van der Waals surface area contributed by atoms with Crippen molar-refractivity contribution < 1.29 is 14.7 Å². The number of carboxylic acids is 1. The topological polar surface area (TPSA) is 92.4 Å². The molecule has 1 rings (SSSR count). The van der Waals surface area contributed by atoms with Gasteiger partial charge in [-0.1, -0.05) is 18.5 Å². The van der Waals surface area contributed by atoms with Gasteiger partial charge in [0.2, 0.25) is 5.91 Å². The van der Waals surface area contributed by atoms with Crippen LogP contribution in [0.5, 0.6) is 0 Å². The summed E-state index contributed by atoms with van der Waals surface area (Å²) in [4.78, 5) is 22.2. The van der Waals surface area contributed by atoms with Crippen molar-refractivity contribution in [1.29, 1.82) is 0 Å². The van der Waals surface area contributed by atoms with Crippen molar-refractivity contribution in [2.75, 3.05) is 5.32 Å². The molecule has 5 nitrogen and oxygen atoms in total. The van der Waals surface area contributed by atoms with Gasteiger partial charge in [0.15, 0.2) is 0 Å². The zero-order chi connectivity index (χ0) is 13.0. The second-order valence-corrected chi connectivity index (χ2v) is 3.91. The van der Waals surface area contributed by atoms with E-state index in [2.05, 4.69) is 5.32 Å². The van der Waals surface area contributed by atoms with E-state index < -0.39 is 12.0 Å². The molecule has 0 fully saturated rings. The summed E-state index contributed by atoms with van der Waals surface area (Å²) >= 11 is 5.76. The van der Waals surface area contributed by atoms with Gasteiger partial charge >= 0.3 is 5.97 Å². The van der Waals surface area contributed by atoms with Gasteiger partial charge in [0.1, 0.15) is 0 Å². The first-order valence-electron chi connectivity index (χ1n) is 5.05. The summed E-state index contributed by atoms with van der Waals surface area (Å²) in [7, 11) is 0. The average molecular weight is 257 g/mol. The predicted molar refractivity (Wildman–Crippen MR) is 65.3 cm³/mol. The van der Waals surface area contributed by atoms with Crippen LogP contribution in [0.15, 0.2) is 18.2 Å². The Bertz CT molecular complexity index is 448. The Morgan fingerprint density at radius 3 is 2.65 bits per heavy atom. The van der Waals surface area contributed by atoms with Crippen LogP contribution in [0.1, 0.15) is 23.7 Å². The fourth-order valence-electron chi connectivity index (χ4n) is 1.19. The third-order valence-electron chi connectivity index (χ3n) is 2.24.